The van der Waals surface area contributed by atoms with Gasteiger partial charge >= 0.3 is 11.9 Å². The minimum absolute atomic E-state index is 0.150. The molecular formula is C38H35BrO7. The van der Waals surface area contributed by atoms with E-state index in [1.807, 2.05) is 67.6 Å². The van der Waals surface area contributed by atoms with Crippen LogP contribution >= 0.6 is 15.9 Å². The number of phenols is 3. The van der Waals surface area contributed by atoms with Gasteiger partial charge in [0.05, 0.1) is 18.4 Å². The number of carboxylic acid groups (broad SMARTS) is 1. The SMILES string of the molecule is CC(C(=O)O)c1cccc2ccc(O)cc12.CCOC(=O)C(C)c1cccc2ccc(O)cc12.Oc1ccc2cccc(Br)c2c1. The first-order valence-corrected chi connectivity index (χ1v) is 15.5. The van der Waals surface area contributed by atoms with Gasteiger partial charge in [-0.3, -0.25) is 9.59 Å². The second kappa shape index (κ2) is 15.3. The average molecular weight is 684 g/mol. The zero-order valence-electron chi connectivity index (χ0n) is 25.6. The molecule has 8 heteroatoms. The van der Waals surface area contributed by atoms with Crippen molar-refractivity contribution in [1.82, 2.24) is 0 Å². The summed E-state index contributed by atoms with van der Waals surface area (Å²) in [5.74, 6) is -1.37. The maximum Gasteiger partial charge on any atom is 0.313 e. The Morgan fingerprint density at radius 3 is 1.50 bits per heavy atom. The van der Waals surface area contributed by atoms with Gasteiger partial charge in [-0.1, -0.05) is 82.7 Å². The Morgan fingerprint density at radius 1 is 0.630 bits per heavy atom. The van der Waals surface area contributed by atoms with Crippen molar-refractivity contribution in [1.29, 1.82) is 0 Å². The van der Waals surface area contributed by atoms with E-state index in [1.165, 1.54) is 0 Å². The molecule has 0 aromatic heterocycles. The number of phenolic OH excluding ortho intramolecular Hbond substituents is 3. The van der Waals surface area contributed by atoms with E-state index >= 15 is 0 Å². The van der Waals surface area contributed by atoms with Crippen LogP contribution in [0.4, 0.5) is 0 Å². The second-order valence-corrected chi connectivity index (χ2v) is 11.5. The zero-order valence-corrected chi connectivity index (χ0v) is 27.2. The normalized spacial score (nSPS) is 11.9. The summed E-state index contributed by atoms with van der Waals surface area (Å²) in [7, 11) is 0. The van der Waals surface area contributed by atoms with Crippen LogP contribution in [0.15, 0.2) is 114 Å². The fourth-order valence-electron chi connectivity index (χ4n) is 5.07. The summed E-state index contributed by atoms with van der Waals surface area (Å²) in [4.78, 5) is 22.8. The van der Waals surface area contributed by atoms with Crippen LogP contribution in [0, 0.1) is 0 Å². The maximum absolute atomic E-state index is 11.8. The fourth-order valence-corrected chi connectivity index (χ4v) is 5.57. The Balaban J connectivity index is 0.000000160. The molecule has 0 heterocycles. The minimum Gasteiger partial charge on any atom is -0.508 e. The molecule has 236 valence electrons. The lowest BCUT2D eigenvalue weighted by Crippen LogP contribution is -2.13. The first-order valence-electron chi connectivity index (χ1n) is 14.7. The molecule has 0 amide bonds. The number of benzene rings is 6. The first-order chi connectivity index (χ1) is 22.0. The molecule has 0 fully saturated rings. The monoisotopic (exact) mass is 682 g/mol. The van der Waals surface area contributed by atoms with Crippen LogP contribution in [-0.4, -0.2) is 39.0 Å². The van der Waals surface area contributed by atoms with Crippen molar-refractivity contribution < 1.29 is 34.8 Å². The summed E-state index contributed by atoms with van der Waals surface area (Å²) in [5.41, 5.74) is 1.60. The summed E-state index contributed by atoms with van der Waals surface area (Å²) in [6, 6.07) is 32.7. The van der Waals surface area contributed by atoms with E-state index in [0.29, 0.717) is 12.4 Å². The van der Waals surface area contributed by atoms with Gasteiger partial charge in [0.2, 0.25) is 0 Å². The van der Waals surface area contributed by atoms with E-state index in [-0.39, 0.29) is 23.4 Å². The lowest BCUT2D eigenvalue weighted by atomic mass is 9.95. The first kappa shape index (κ1) is 33.8. The van der Waals surface area contributed by atoms with Crippen LogP contribution in [0.25, 0.3) is 32.3 Å². The average Bonchev–Trinajstić information content (AvgIpc) is 3.04. The maximum atomic E-state index is 11.8. The number of aromatic hydroxyl groups is 3. The molecule has 0 saturated carbocycles. The smallest absolute Gasteiger partial charge is 0.313 e. The fraction of sp³-hybridized carbons (Fsp3) is 0.158. The molecular weight excluding hydrogens is 648 g/mol. The third-order valence-electron chi connectivity index (χ3n) is 7.56. The second-order valence-electron chi connectivity index (χ2n) is 10.7. The summed E-state index contributed by atoms with van der Waals surface area (Å²) in [5, 5.41) is 43.0. The largest absolute Gasteiger partial charge is 0.508 e. The van der Waals surface area contributed by atoms with E-state index in [4.69, 9.17) is 9.84 Å². The third-order valence-corrected chi connectivity index (χ3v) is 8.25. The summed E-state index contributed by atoms with van der Waals surface area (Å²) >= 11 is 3.42. The summed E-state index contributed by atoms with van der Waals surface area (Å²) in [6.07, 6.45) is 0. The molecule has 2 atom stereocenters. The van der Waals surface area contributed by atoms with Gasteiger partial charge in [-0.05, 0) is 107 Å². The predicted molar refractivity (Wildman–Crippen MR) is 186 cm³/mol. The van der Waals surface area contributed by atoms with Crippen LogP contribution in [0.1, 0.15) is 43.7 Å². The van der Waals surface area contributed by atoms with Gasteiger partial charge in [0.1, 0.15) is 17.2 Å². The van der Waals surface area contributed by atoms with Gasteiger partial charge in [-0.15, -0.1) is 0 Å². The number of ether oxygens (including phenoxy) is 1. The molecule has 7 nitrogen and oxygen atoms in total. The van der Waals surface area contributed by atoms with E-state index < -0.39 is 11.9 Å². The third kappa shape index (κ3) is 8.14. The van der Waals surface area contributed by atoms with E-state index in [2.05, 4.69) is 15.9 Å². The van der Waals surface area contributed by atoms with E-state index in [0.717, 1.165) is 47.9 Å². The molecule has 0 radical (unpaired) electrons. The minimum atomic E-state index is -0.865. The Morgan fingerprint density at radius 2 is 1.04 bits per heavy atom. The quantitative estimate of drug-likeness (QED) is 0.134. The molecule has 0 aliphatic carbocycles. The van der Waals surface area contributed by atoms with Gasteiger partial charge < -0.3 is 25.2 Å². The molecule has 0 spiro atoms. The number of hydrogen-bond donors (Lipinski definition) is 4. The van der Waals surface area contributed by atoms with Gasteiger partial charge in [-0.2, -0.15) is 0 Å². The van der Waals surface area contributed by atoms with Crippen molar-refractivity contribution in [2.24, 2.45) is 0 Å². The molecule has 2 unspecified atom stereocenters. The zero-order chi connectivity index (χ0) is 33.4. The lowest BCUT2D eigenvalue weighted by Gasteiger charge is -2.13. The molecule has 46 heavy (non-hydrogen) atoms. The van der Waals surface area contributed by atoms with E-state index in [9.17, 15) is 24.9 Å². The highest BCUT2D eigenvalue weighted by molar-refractivity contribution is 9.10. The summed E-state index contributed by atoms with van der Waals surface area (Å²) in [6.45, 7) is 5.62. The van der Waals surface area contributed by atoms with E-state index in [1.54, 1.807) is 62.4 Å². The number of hydrogen-bond acceptors (Lipinski definition) is 6. The summed E-state index contributed by atoms with van der Waals surface area (Å²) < 4.78 is 6.05. The van der Waals surface area contributed by atoms with Crippen LogP contribution < -0.4 is 0 Å². The number of fused-ring (bicyclic) bond motifs is 3. The molecule has 6 rings (SSSR count). The van der Waals surface area contributed by atoms with Crippen molar-refractivity contribution in [3.05, 3.63) is 125 Å². The van der Waals surface area contributed by atoms with Crippen molar-refractivity contribution in [2.75, 3.05) is 6.61 Å². The lowest BCUT2D eigenvalue weighted by molar-refractivity contribution is -0.144. The standard InChI is InChI=1S/C15H16O3.C13H12O3.C10H7BrO/c1-3-18-15(17)10(2)13-6-4-5-11-7-8-12(16)9-14(11)13;1-8(13(15)16)11-4-2-3-9-5-6-10(14)7-12(9)11;11-10-3-1-2-7-4-5-8(12)6-9(7)10/h4-10,16H,3H2,1-2H3;2-8,14H,1H3,(H,15,16);1-6,12H. The topological polar surface area (TPSA) is 124 Å². The number of carbonyl (C=O) groups is 2. The Kier molecular flexibility index (Phi) is 11.2. The number of rotatable bonds is 5. The van der Waals surface area contributed by atoms with Gasteiger partial charge in [0, 0.05) is 4.47 Å². The number of aliphatic carboxylic acids is 1. The highest BCUT2D eigenvalue weighted by atomic mass is 79.9. The number of carbonyl (C=O) groups excluding carboxylic acids is 1. The van der Waals surface area contributed by atoms with Gasteiger partial charge in [-0.25, -0.2) is 0 Å². The Bertz CT molecular complexity index is 2000. The number of halogens is 1. The number of carboxylic acids is 1. The molecule has 6 aromatic carbocycles. The molecule has 6 aromatic rings. The van der Waals surface area contributed by atoms with Crippen molar-refractivity contribution >= 4 is 60.2 Å². The van der Waals surface area contributed by atoms with Crippen molar-refractivity contribution in [3.8, 4) is 17.2 Å². The number of esters is 1. The molecule has 0 bridgehead atoms. The van der Waals surface area contributed by atoms with Crippen molar-refractivity contribution in [3.63, 3.8) is 0 Å². The van der Waals surface area contributed by atoms with Crippen LogP contribution in [0.2, 0.25) is 0 Å². The van der Waals surface area contributed by atoms with Gasteiger partial charge in [0.15, 0.2) is 0 Å². The molecule has 0 saturated heterocycles. The van der Waals surface area contributed by atoms with Crippen LogP contribution in [0.5, 0.6) is 17.2 Å². The predicted octanol–water partition coefficient (Wildman–Crippen LogP) is 9.25. The Hall–Kier alpha value is -5.08. The Labute approximate surface area is 275 Å². The molecule has 0 aliphatic heterocycles. The van der Waals surface area contributed by atoms with Gasteiger partial charge in [0.25, 0.3) is 0 Å². The molecule has 0 aliphatic rings. The van der Waals surface area contributed by atoms with Crippen LogP contribution in [0.3, 0.4) is 0 Å². The highest BCUT2D eigenvalue weighted by Crippen LogP contribution is 2.30. The molecule has 4 N–H and O–H groups in total. The highest BCUT2D eigenvalue weighted by Gasteiger charge is 2.19. The van der Waals surface area contributed by atoms with Crippen molar-refractivity contribution in [2.45, 2.75) is 32.6 Å². The van der Waals surface area contributed by atoms with Crippen LogP contribution in [-0.2, 0) is 14.3 Å².